The molecule has 1 unspecified atom stereocenters. The van der Waals surface area contributed by atoms with Gasteiger partial charge >= 0.3 is 0 Å². The molecule has 1 aromatic rings. The maximum atomic E-state index is 5.65. The number of rotatable bonds is 1. The molecule has 0 amide bonds. The topological polar surface area (TPSA) is 18.5 Å². The fraction of sp³-hybridized carbons (Fsp3) is 0.364. The summed E-state index contributed by atoms with van der Waals surface area (Å²) >= 11 is 2.30. The SMILES string of the molecule is [CH2][C@@H]1OC(C)O[C@H]1c1ccccc1I. The molecule has 1 aliphatic rings. The van der Waals surface area contributed by atoms with Crippen molar-refractivity contribution in [3.8, 4) is 0 Å². The third-order valence-corrected chi connectivity index (χ3v) is 3.24. The van der Waals surface area contributed by atoms with Crippen LogP contribution < -0.4 is 0 Å². The van der Waals surface area contributed by atoms with Gasteiger partial charge in [0.2, 0.25) is 0 Å². The van der Waals surface area contributed by atoms with Gasteiger partial charge < -0.3 is 9.47 Å². The lowest BCUT2D eigenvalue weighted by Crippen LogP contribution is -2.11. The van der Waals surface area contributed by atoms with Gasteiger partial charge in [0.15, 0.2) is 6.29 Å². The van der Waals surface area contributed by atoms with Gasteiger partial charge in [-0.25, -0.2) is 0 Å². The van der Waals surface area contributed by atoms with Gasteiger partial charge in [-0.15, -0.1) is 0 Å². The van der Waals surface area contributed by atoms with Gasteiger partial charge in [0.25, 0.3) is 0 Å². The van der Waals surface area contributed by atoms with E-state index in [0.717, 1.165) is 5.56 Å². The summed E-state index contributed by atoms with van der Waals surface area (Å²) in [4.78, 5) is 0. The Bertz CT molecular complexity index is 327. The van der Waals surface area contributed by atoms with Gasteiger partial charge in [0.05, 0.1) is 6.10 Å². The lowest BCUT2D eigenvalue weighted by atomic mass is 10.1. The van der Waals surface area contributed by atoms with E-state index in [4.69, 9.17) is 9.47 Å². The number of ether oxygens (including phenoxy) is 2. The molecule has 1 aliphatic heterocycles. The van der Waals surface area contributed by atoms with Gasteiger partial charge in [-0.1, -0.05) is 18.2 Å². The predicted octanol–water partition coefficient (Wildman–Crippen LogP) is 2.93. The molecule has 0 aromatic heterocycles. The summed E-state index contributed by atoms with van der Waals surface area (Å²) in [7, 11) is 0. The molecule has 3 heteroatoms. The zero-order valence-electron chi connectivity index (χ0n) is 7.94. The van der Waals surface area contributed by atoms with Crippen LogP contribution in [0.5, 0.6) is 0 Å². The molecule has 0 bridgehead atoms. The first kappa shape index (κ1) is 10.4. The summed E-state index contributed by atoms with van der Waals surface area (Å²) < 4.78 is 12.3. The molecule has 1 saturated heterocycles. The Hall–Kier alpha value is -0.130. The van der Waals surface area contributed by atoms with Crippen LogP contribution in [0.2, 0.25) is 0 Å². The monoisotopic (exact) mass is 303 g/mol. The highest BCUT2D eigenvalue weighted by atomic mass is 127. The van der Waals surface area contributed by atoms with Gasteiger partial charge in [-0.2, -0.15) is 0 Å². The maximum absolute atomic E-state index is 5.65. The third kappa shape index (κ3) is 1.94. The average Bonchev–Trinajstić information content (AvgIpc) is 2.46. The van der Waals surface area contributed by atoms with Crippen molar-refractivity contribution in [3.05, 3.63) is 40.3 Å². The second-order valence-corrected chi connectivity index (χ2v) is 4.48. The quantitative estimate of drug-likeness (QED) is 0.743. The second-order valence-electron chi connectivity index (χ2n) is 3.32. The van der Waals surface area contributed by atoms with E-state index in [1.54, 1.807) is 0 Å². The molecule has 1 radical (unpaired) electrons. The third-order valence-electron chi connectivity index (χ3n) is 2.25. The van der Waals surface area contributed by atoms with Gasteiger partial charge in [0, 0.05) is 3.57 Å². The molecule has 0 spiro atoms. The lowest BCUT2D eigenvalue weighted by Gasteiger charge is -2.14. The fourth-order valence-corrected chi connectivity index (χ4v) is 2.32. The minimum atomic E-state index is -0.154. The maximum Gasteiger partial charge on any atom is 0.156 e. The Labute approximate surface area is 97.7 Å². The minimum absolute atomic E-state index is 0.0295. The van der Waals surface area contributed by atoms with E-state index in [9.17, 15) is 0 Å². The van der Waals surface area contributed by atoms with Gasteiger partial charge in [-0.05, 0) is 48.1 Å². The second kappa shape index (κ2) is 4.16. The van der Waals surface area contributed by atoms with Crippen molar-refractivity contribution < 1.29 is 9.47 Å². The molecule has 0 aliphatic carbocycles. The molecular weight excluding hydrogens is 291 g/mol. The molecule has 2 nitrogen and oxygen atoms in total. The molecule has 0 saturated carbocycles. The van der Waals surface area contributed by atoms with Crippen molar-refractivity contribution in [2.75, 3.05) is 0 Å². The molecular formula is C11H12IO2. The summed E-state index contributed by atoms with van der Waals surface area (Å²) in [6.45, 7) is 5.83. The molecule has 1 aromatic carbocycles. The van der Waals surface area contributed by atoms with Crippen molar-refractivity contribution in [3.63, 3.8) is 0 Å². The summed E-state index contributed by atoms with van der Waals surface area (Å²) in [5, 5.41) is 0. The van der Waals surface area contributed by atoms with Crippen LogP contribution in [0.4, 0.5) is 0 Å². The Morgan fingerprint density at radius 3 is 2.57 bits per heavy atom. The standard InChI is InChI=1S/C11H12IO2/c1-7-11(14-8(2)13-7)9-5-3-4-6-10(9)12/h3-8,11H,1H2,2H3/t7-,8?,11+/m0/s1. The number of benzene rings is 1. The van der Waals surface area contributed by atoms with Crippen LogP contribution in [0.15, 0.2) is 24.3 Å². The van der Waals surface area contributed by atoms with Gasteiger partial charge in [-0.3, -0.25) is 0 Å². The Kier molecular flexibility index (Phi) is 3.09. The first-order chi connectivity index (χ1) is 6.68. The molecule has 75 valence electrons. The highest BCUT2D eigenvalue weighted by Gasteiger charge is 2.32. The van der Waals surface area contributed by atoms with Gasteiger partial charge in [0.1, 0.15) is 6.10 Å². The van der Waals surface area contributed by atoms with E-state index in [1.165, 1.54) is 3.57 Å². The van der Waals surface area contributed by atoms with E-state index < -0.39 is 0 Å². The summed E-state index contributed by atoms with van der Waals surface area (Å²) in [5.74, 6) is 0. The molecule has 1 heterocycles. The van der Waals surface area contributed by atoms with Crippen LogP contribution in [0.1, 0.15) is 18.6 Å². The zero-order chi connectivity index (χ0) is 10.1. The molecule has 0 N–H and O–H groups in total. The molecule has 2 rings (SSSR count). The Morgan fingerprint density at radius 2 is 2.00 bits per heavy atom. The van der Waals surface area contributed by atoms with Crippen LogP contribution >= 0.6 is 22.6 Å². The van der Waals surface area contributed by atoms with E-state index in [2.05, 4.69) is 41.6 Å². The Morgan fingerprint density at radius 1 is 1.29 bits per heavy atom. The lowest BCUT2D eigenvalue weighted by molar-refractivity contribution is -0.0475. The molecule has 3 atom stereocenters. The van der Waals surface area contributed by atoms with Crippen LogP contribution in [0.25, 0.3) is 0 Å². The predicted molar refractivity (Wildman–Crippen MR) is 62.7 cm³/mol. The van der Waals surface area contributed by atoms with Crippen molar-refractivity contribution in [1.82, 2.24) is 0 Å². The number of hydrogen-bond acceptors (Lipinski definition) is 2. The van der Waals surface area contributed by atoms with Crippen molar-refractivity contribution in [2.24, 2.45) is 0 Å². The van der Waals surface area contributed by atoms with E-state index in [0.29, 0.717) is 0 Å². The number of halogens is 1. The highest BCUT2D eigenvalue weighted by molar-refractivity contribution is 14.1. The van der Waals surface area contributed by atoms with Crippen LogP contribution in [0.3, 0.4) is 0 Å². The highest BCUT2D eigenvalue weighted by Crippen LogP contribution is 2.33. The van der Waals surface area contributed by atoms with Crippen LogP contribution in [0, 0.1) is 10.5 Å². The van der Waals surface area contributed by atoms with E-state index >= 15 is 0 Å². The Balaban J connectivity index is 2.27. The normalized spacial score (nSPS) is 32.1. The van der Waals surface area contributed by atoms with Crippen molar-refractivity contribution in [1.29, 1.82) is 0 Å². The van der Waals surface area contributed by atoms with E-state index in [-0.39, 0.29) is 18.5 Å². The van der Waals surface area contributed by atoms with E-state index in [1.807, 2.05) is 19.1 Å². The first-order valence-corrected chi connectivity index (χ1v) is 5.65. The summed E-state index contributed by atoms with van der Waals surface area (Å²) in [5.41, 5.74) is 1.16. The minimum Gasteiger partial charge on any atom is -0.347 e. The smallest absolute Gasteiger partial charge is 0.156 e. The largest absolute Gasteiger partial charge is 0.347 e. The first-order valence-electron chi connectivity index (χ1n) is 4.57. The number of hydrogen-bond donors (Lipinski definition) is 0. The summed E-state index contributed by atoms with van der Waals surface area (Å²) in [6, 6.07) is 8.15. The zero-order valence-corrected chi connectivity index (χ0v) is 10.1. The van der Waals surface area contributed by atoms with Crippen LogP contribution in [-0.2, 0) is 9.47 Å². The van der Waals surface area contributed by atoms with Crippen molar-refractivity contribution in [2.45, 2.75) is 25.4 Å². The van der Waals surface area contributed by atoms with Crippen molar-refractivity contribution >= 4 is 22.6 Å². The summed E-state index contributed by atoms with van der Waals surface area (Å²) in [6.07, 6.45) is -0.294. The molecule has 14 heavy (non-hydrogen) atoms. The molecule has 1 fully saturated rings. The average molecular weight is 303 g/mol. The van der Waals surface area contributed by atoms with Crippen LogP contribution in [-0.4, -0.2) is 12.4 Å². The fourth-order valence-electron chi connectivity index (χ4n) is 1.62.